The van der Waals surface area contributed by atoms with Gasteiger partial charge in [0.1, 0.15) is 11.8 Å². The highest BCUT2D eigenvalue weighted by atomic mass is 32.2. The molecule has 1 aromatic carbocycles. The molecule has 2 aliphatic heterocycles. The fourth-order valence-corrected chi connectivity index (χ4v) is 6.12. The maximum absolute atomic E-state index is 12.4. The molecule has 0 bridgehead atoms. The summed E-state index contributed by atoms with van der Waals surface area (Å²) in [5.74, 6) is 1.87. The van der Waals surface area contributed by atoms with E-state index in [0.717, 1.165) is 48.8 Å². The zero-order valence-corrected chi connectivity index (χ0v) is 19.3. The number of hydrogen-bond donors (Lipinski definition) is 2. The molecule has 2 saturated heterocycles. The number of carbonyl (C=O) groups is 3. The van der Waals surface area contributed by atoms with Crippen molar-refractivity contribution in [1.82, 2.24) is 15.5 Å². The van der Waals surface area contributed by atoms with E-state index in [1.54, 1.807) is 16.7 Å². The highest BCUT2D eigenvalue weighted by molar-refractivity contribution is 8.15. The van der Waals surface area contributed by atoms with Crippen LogP contribution in [0.3, 0.4) is 0 Å². The maximum Gasteiger partial charge on any atom is 0.286 e. The Morgan fingerprint density at radius 2 is 1.97 bits per heavy atom. The van der Waals surface area contributed by atoms with Gasteiger partial charge in [-0.2, -0.15) is 5.26 Å². The van der Waals surface area contributed by atoms with Crippen molar-refractivity contribution < 1.29 is 19.1 Å². The average molecular weight is 475 g/mol. The summed E-state index contributed by atoms with van der Waals surface area (Å²) in [6, 6.07) is 9.89. The molecule has 0 aromatic heterocycles. The average Bonchev–Trinajstić information content (AvgIpc) is 3.40. The second kappa shape index (κ2) is 10.6. The van der Waals surface area contributed by atoms with E-state index in [1.807, 2.05) is 24.3 Å². The first-order chi connectivity index (χ1) is 15.5. The van der Waals surface area contributed by atoms with Crippen LogP contribution in [0.25, 0.3) is 0 Å². The minimum absolute atomic E-state index is 0.00198. The summed E-state index contributed by atoms with van der Waals surface area (Å²) in [6.45, 7) is 0.277. The number of thioether (sulfide) groups is 2. The van der Waals surface area contributed by atoms with E-state index in [4.69, 9.17) is 10.00 Å². The van der Waals surface area contributed by atoms with Gasteiger partial charge in [-0.25, -0.2) is 0 Å². The molecule has 1 aromatic rings. The molecule has 3 amide bonds. The first-order valence-corrected chi connectivity index (χ1v) is 12.8. The van der Waals surface area contributed by atoms with Crippen LogP contribution in [-0.4, -0.2) is 63.6 Å². The Morgan fingerprint density at radius 1 is 1.22 bits per heavy atom. The third kappa shape index (κ3) is 5.77. The van der Waals surface area contributed by atoms with E-state index in [0.29, 0.717) is 18.1 Å². The van der Waals surface area contributed by atoms with Gasteiger partial charge in [0.05, 0.1) is 29.8 Å². The third-order valence-electron chi connectivity index (χ3n) is 5.98. The Labute approximate surface area is 195 Å². The predicted molar refractivity (Wildman–Crippen MR) is 123 cm³/mol. The summed E-state index contributed by atoms with van der Waals surface area (Å²) >= 11 is 2.66. The molecule has 2 N–H and O–H groups in total. The van der Waals surface area contributed by atoms with Crippen LogP contribution in [0.1, 0.15) is 31.2 Å². The number of benzene rings is 1. The number of rotatable bonds is 7. The first-order valence-electron chi connectivity index (χ1n) is 10.8. The molecule has 0 spiro atoms. The molecule has 10 heteroatoms. The van der Waals surface area contributed by atoms with Crippen molar-refractivity contribution in [2.75, 3.05) is 18.2 Å². The van der Waals surface area contributed by atoms with Crippen LogP contribution in [0.2, 0.25) is 0 Å². The van der Waals surface area contributed by atoms with Crippen molar-refractivity contribution in [3.05, 3.63) is 29.8 Å². The molecule has 170 valence electrons. The van der Waals surface area contributed by atoms with Crippen molar-refractivity contribution in [1.29, 1.82) is 5.26 Å². The predicted octanol–water partition coefficient (Wildman–Crippen LogP) is 2.29. The summed E-state index contributed by atoms with van der Waals surface area (Å²) in [5.41, 5.74) is 0.993. The zero-order chi connectivity index (χ0) is 22.5. The molecule has 1 unspecified atom stereocenters. The zero-order valence-electron chi connectivity index (χ0n) is 17.6. The van der Waals surface area contributed by atoms with E-state index in [9.17, 15) is 14.4 Å². The summed E-state index contributed by atoms with van der Waals surface area (Å²) < 4.78 is 6.12. The Hall–Kier alpha value is -2.22. The normalized spacial score (nSPS) is 27.8. The van der Waals surface area contributed by atoms with E-state index in [2.05, 4.69) is 16.7 Å². The van der Waals surface area contributed by atoms with Gasteiger partial charge < -0.3 is 15.0 Å². The Kier molecular flexibility index (Phi) is 7.60. The van der Waals surface area contributed by atoms with Crippen LogP contribution in [0.5, 0.6) is 5.75 Å². The van der Waals surface area contributed by atoms with Crippen molar-refractivity contribution in [2.24, 2.45) is 0 Å². The molecular formula is C22H26N4O4S2. The standard InChI is InChI=1S/C22H26N4O4S2/c23-10-16-12-31-13-26(16)20(27)11-24-15-3-7-18(8-4-15)30-17-5-1-14(2-6-17)9-19-21(28)25-22(29)32-19/h1-2,5-6,15-16,18-19,24H,3-4,7-9,11-13H2,(H,25,28,29)/t15?,16-,18?,19?/m1/s1. The van der Waals surface area contributed by atoms with Crippen LogP contribution < -0.4 is 15.4 Å². The fraction of sp³-hybridized carbons (Fsp3) is 0.545. The van der Waals surface area contributed by atoms with Crippen LogP contribution in [-0.2, 0) is 16.0 Å². The van der Waals surface area contributed by atoms with Gasteiger partial charge in [-0.15, -0.1) is 11.8 Å². The molecule has 1 aliphatic carbocycles. The van der Waals surface area contributed by atoms with Gasteiger partial charge in [0, 0.05) is 11.8 Å². The van der Waals surface area contributed by atoms with Gasteiger partial charge in [0.2, 0.25) is 11.8 Å². The van der Waals surface area contributed by atoms with E-state index < -0.39 is 0 Å². The lowest BCUT2D eigenvalue weighted by Crippen LogP contribution is -2.45. The van der Waals surface area contributed by atoms with Gasteiger partial charge in [-0.05, 0) is 49.8 Å². The molecule has 2 heterocycles. The van der Waals surface area contributed by atoms with Gasteiger partial charge in [0.15, 0.2) is 0 Å². The fourth-order valence-electron chi connectivity index (χ4n) is 4.15. The summed E-state index contributed by atoms with van der Waals surface area (Å²) in [5, 5.41) is 14.1. The van der Waals surface area contributed by atoms with Crippen LogP contribution in [0, 0.1) is 11.3 Å². The van der Waals surface area contributed by atoms with Crippen molar-refractivity contribution >= 4 is 40.6 Å². The first kappa shape index (κ1) is 23.0. The largest absolute Gasteiger partial charge is 0.490 e. The minimum atomic E-state index is -0.362. The van der Waals surface area contributed by atoms with Crippen molar-refractivity contribution in [3.63, 3.8) is 0 Å². The maximum atomic E-state index is 12.4. The Bertz CT molecular complexity index is 896. The van der Waals surface area contributed by atoms with Gasteiger partial charge in [-0.1, -0.05) is 23.9 Å². The number of carbonyl (C=O) groups excluding carboxylic acids is 3. The lowest BCUT2D eigenvalue weighted by Gasteiger charge is -2.30. The van der Waals surface area contributed by atoms with Crippen LogP contribution in [0.15, 0.2) is 24.3 Å². The number of nitrogens with one attached hydrogen (secondary N) is 2. The van der Waals surface area contributed by atoms with Crippen molar-refractivity contribution in [2.45, 2.75) is 55.5 Å². The topological polar surface area (TPSA) is 112 Å². The number of amides is 3. The van der Waals surface area contributed by atoms with E-state index in [1.165, 1.54) is 0 Å². The summed E-state index contributed by atoms with van der Waals surface area (Å²) in [4.78, 5) is 37.0. The molecule has 8 nitrogen and oxygen atoms in total. The smallest absolute Gasteiger partial charge is 0.286 e. The van der Waals surface area contributed by atoms with Gasteiger partial charge in [-0.3, -0.25) is 19.7 Å². The molecule has 1 saturated carbocycles. The molecule has 4 rings (SSSR count). The molecule has 32 heavy (non-hydrogen) atoms. The summed E-state index contributed by atoms with van der Waals surface area (Å²) in [7, 11) is 0. The minimum Gasteiger partial charge on any atom is -0.490 e. The monoisotopic (exact) mass is 474 g/mol. The number of nitriles is 1. The number of ether oxygens (including phenoxy) is 1. The van der Waals surface area contributed by atoms with Gasteiger partial charge >= 0.3 is 0 Å². The van der Waals surface area contributed by atoms with Gasteiger partial charge in [0.25, 0.3) is 5.24 Å². The van der Waals surface area contributed by atoms with E-state index in [-0.39, 0.29) is 47.0 Å². The van der Waals surface area contributed by atoms with Crippen LogP contribution in [0.4, 0.5) is 4.79 Å². The SMILES string of the molecule is N#C[C@@H]1CSCN1C(=O)CNC1CCC(Oc2ccc(CC3SC(=O)NC3=O)cc2)CC1. The van der Waals surface area contributed by atoms with E-state index >= 15 is 0 Å². The molecular weight excluding hydrogens is 448 g/mol. The third-order valence-corrected chi connectivity index (χ3v) is 7.98. The molecule has 3 fully saturated rings. The lowest BCUT2D eigenvalue weighted by molar-refractivity contribution is -0.130. The Balaban J connectivity index is 1.17. The number of nitrogens with zero attached hydrogens (tertiary/aromatic N) is 2. The lowest BCUT2D eigenvalue weighted by atomic mass is 9.93. The second-order valence-corrected chi connectivity index (χ2v) is 10.4. The highest BCUT2D eigenvalue weighted by Crippen LogP contribution is 2.27. The Morgan fingerprint density at radius 3 is 2.62 bits per heavy atom. The summed E-state index contributed by atoms with van der Waals surface area (Å²) in [6.07, 6.45) is 4.36. The highest BCUT2D eigenvalue weighted by Gasteiger charge is 2.32. The number of imide groups is 1. The molecule has 2 atom stereocenters. The number of hydrogen-bond acceptors (Lipinski definition) is 8. The van der Waals surface area contributed by atoms with Crippen molar-refractivity contribution in [3.8, 4) is 11.8 Å². The quantitative estimate of drug-likeness (QED) is 0.619. The second-order valence-electron chi connectivity index (χ2n) is 8.21. The molecule has 3 aliphatic rings. The molecule has 0 radical (unpaired) electrons. The van der Waals surface area contributed by atoms with Crippen LogP contribution >= 0.6 is 23.5 Å².